The summed E-state index contributed by atoms with van der Waals surface area (Å²) in [6.45, 7) is 10.5. The number of amides is 1. The Labute approximate surface area is 181 Å². The molecule has 0 aromatic carbocycles. The summed E-state index contributed by atoms with van der Waals surface area (Å²) < 4.78 is 11.6. The summed E-state index contributed by atoms with van der Waals surface area (Å²) in [4.78, 5) is 18.5. The fourth-order valence-electron chi connectivity index (χ4n) is 3.20. The predicted molar refractivity (Wildman–Crippen MR) is 119 cm³/mol. The third-order valence-corrected chi connectivity index (χ3v) is 4.87. The minimum Gasteiger partial charge on any atom is -0.376 e. The molecule has 0 bridgehead atoms. The summed E-state index contributed by atoms with van der Waals surface area (Å²) in [7, 11) is 1.80. The van der Waals surface area contributed by atoms with Crippen LogP contribution in [-0.4, -0.2) is 75.4 Å². The van der Waals surface area contributed by atoms with E-state index in [-0.39, 0.29) is 35.3 Å². The quantitative estimate of drug-likeness (QED) is 0.255. The SMILES string of the molecule is CN=C(NCCNC(=O)C(C)(C)C)N1CCC(OCC2CCCO2)CC1.I. The van der Waals surface area contributed by atoms with Gasteiger partial charge >= 0.3 is 0 Å². The van der Waals surface area contributed by atoms with Crippen molar-refractivity contribution < 1.29 is 14.3 Å². The Bertz CT molecular complexity index is 468. The van der Waals surface area contributed by atoms with Crippen molar-refractivity contribution >= 4 is 35.8 Å². The smallest absolute Gasteiger partial charge is 0.225 e. The molecule has 0 aliphatic carbocycles. The van der Waals surface area contributed by atoms with Crippen molar-refractivity contribution in [2.24, 2.45) is 10.4 Å². The molecule has 1 amide bonds. The van der Waals surface area contributed by atoms with Crippen LogP contribution in [0.4, 0.5) is 0 Å². The van der Waals surface area contributed by atoms with Crippen LogP contribution in [0.2, 0.25) is 0 Å². The maximum Gasteiger partial charge on any atom is 0.225 e. The zero-order valence-electron chi connectivity index (χ0n) is 17.3. The van der Waals surface area contributed by atoms with Crippen LogP contribution in [0.3, 0.4) is 0 Å². The first-order valence-electron chi connectivity index (χ1n) is 9.87. The van der Waals surface area contributed by atoms with E-state index in [2.05, 4.69) is 20.5 Å². The zero-order chi connectivity index (χ0) is 19.0. The summed E-state index contributed by atoms with van der Waals surface area (Å²) in [6.07, 6.45) is 4.92. The highest BCUT2D eigenvalue weighted by Gasteiger charge is 2.24. The maximum atomic E-state index is 11.9. The van der Waals surface area contributed by atoms with Crippen LogP contribution in [0.1, 0.15) is 46.5 Å². The normalized spacial score (nSPS) is 21.7. The van der Waals surface area contributed by atoms with Gasteiger partial charge in [0.1, 0.15) is 0 Å². The van der Waals surface area contributed by atoms with Crippen molar-refractivity contribution in [3.8, 4) is 0 Å². The molecule has 0 saturated carbocycles. The summed E-state index contributed by atoms with van der Waals surface area (Å²) in [6, 6.07) is 0. The summed E-state index contributed by atoms with van der Waals surface area (Å²) in [5.41, 5.74) is -0.354. The Morgan fingerprint density at radius 2 is 1.85 bits per heavy atom. The number of nitrogens with one attached hydrogen (secondary N) is 2. The van der Waals surface area contributed by atoms with E-state index in [9.17, 15) is 4.79 Å². The predicted octanol–water partition coefficient (Wildman–Crippen LogP) is 2.00. The second kappa shape index (κ2) is 12.1. The number of likely N-dealkylation sites (tertiary alicyclic amines) is 1. The summed E-state index contributed by atoms with van der Waals surface area (Å²) in [5.74, 6) is 0.964. The second-order valence-corrected chi connectivity index (χ2v) is 8.13. The monoisotopic (exact) mass is 496 g/mol. The van der Waals surface area contributed by atoms with Gasteiger partial charge in [-0.3, -0.25) is 9.79 Å². The van der Waals surface area contributed by atoms with Gasteiger partial charge in [0.15, 0.2) is 5.96 Å². The van der Waals surface area contributed by atoms with Gasteiger partial charge < -0.3 is 25.0 Å². The largest absolute Gasteiger partial charge is 0.376 e. The van der Waals surface area contributed by atoms with Crippen molar-refractivity contribution in [2.45, 2.75) is 58.7 Å². The van der Waals surface area contributed by atoms with E-state index in [1.807, 2.05) is 20.8 Å². The lowest BCUT2D eigenvalue weighted by Gasteiger charge is -2.34. The number of ether oxygens (including phenoxy) is 2. The molecule has 2 heterocycles. The van der Waals surface area contributed by atoms with Crippen LogP contribution < -0.4 is 10.6 Å². The Morgan fingerprint density at radius 3 is 2.41 bits per heavy atom. The van der Waals surface area contributed by atoms with E-state index in [1.165, 1.54) is 0 Å². The lowest BCUT2D eigenvalue weighted by Crippen LogP contribution is -2.49. The number of carbonyl (C=O) groups excluding carboxylic acids is 1. The molecule has 0 radical (unpaired) electrons. The van der Waals surface area contributed by atoms with E-state index in [1.54, 1.807) is 7.05 Å². The first kappa shape index (κ1) is 24.4. The molecule has 2 saturated heterocycles. The maximum absolute atomic E-state index is 11.9. The summed E-state index contributed by atoms with van der Waals surface area (Å²) >= 11 is 0. The third kappa shape index (κ3) is 8.51. The summed E-state index contributed by atoms with van der Waals surface area (Å²) in [5, 5.41) is 6.29. The van der Waals surface area contributed by atoms with Gasteiger partial charge in [-0.1, -0.05) is 20.8 Å². The molecule has 2 aliphatic rings. The molecule has 158 valence electrons. The molecular weight excluding hydrogens is 459 g/mol. The van der Waals surface area contributed by atoms with Crippen LogP contribution in [0, 0.1) is 5.41 Å². The first-order chi connectivity index (χ1) is 12.4. The van der Waals surface area contributed by atoms with Crippen LogP contribution in [0.15, 0.2) is 4.99 Å². The molecule has 0 spiro atoms. The van der Waals surface area contributed by atoms with Crippen molar-refractivity contribution in [1.29, 1.82) is 0 Å². The number of halogens is 1. The van der Waals surface area contributed by atoms with E-state index in [4.69, 9.17) is 9.47 Å². The van der Waals surface area contributed by atoms with Crippen LogP contribution in [0.25, 0.3) is 0 Å². The standard InChI is InChI=1S/C19H36N4O3.HI/c1-19(2,3)17(24)21-9-10-22-18(20-4)23-11-7-15(8-12-23)26-14-16-6-5-13-25-16;/h15-16H,5-14H2,1-4H3,(H,20,22)(H,21,24);1H. The number of hydrogen-bond acceptors (Lipinski definition) is 4. The van der Waals surface area contributed by atoms with E-state index in [0.29, 0.717) is 25.3 Å². The highest BCUT2D eigenvalue weighted by atomic mass is 127. The van der Waals surface area contributed by atoms with E-state index < -0.39 is 0 Å². The Kier molecular flexibility index (Phi) is 10.9. The number of piperidine rings is 1. The fraction of sp³-hybridized carbons (Fsp3) is 0.895. The topological polar surface area (TPSA) is 75.2 Å². The van der Waals surface area contributed by atoms with Gasteiger partial charge in [-0.15, -0.1) is 24.0 Å². The molecule has 1 atom stereocenters. The number of rotatable bonds is 6. The molecule has 7 nitrogen and oxygen atoms in total. The van der Waals surface area contributed by atoms with Gasteiger partial charge in [0.05, 0.1) is 18.8 Å². The van der Waals surface area contributed by atoms with E-state index in [0.717, 1.165) is 57.9 Å². The minimum atomic E-state index is -0.354. The Morgan fingerprint density at radius 1 is 1.19 bits per heavy atom. The average Bonchev–Trinajstić information content (AvgIpc) is 3.13. The number of nitrogens with zero attached hydrogens (tertiary/aromatic N) is 2. The van der Waals surface area contributed by atoms with Crippen LogP contribution in [0.5, 0.6) is 0 Å². The van der Waals surface area contributed by atoms with Crippen molar-refractivity contribution in [3.63, 3.8) is 0 Å². The zero-order valence-corrected chi connectivity index (χ0v) is 19.6. The highest BCUT2D eigenvalue weighted by Crippen LogP contribution is 2.17. The molecular formula is C19H37IN4O3. The van der Waals surface area contributed by atoms with Gasteiger partial charge in [0.2, 0.25) is 5.91 Å². The molecule has 2 fully saturated rings. The Balaban J connectivity index is 0.00000364. The molecule has 2 aliphatic heterocycles. The molecule has 2 N–H and O–H groups in total. The second-order valence-electron chi connectivity index (χ2n) is 8.13. The minimum absolute atomic E-state index is 0. The van der Waals surface area contributed by atoms with Gasteiger partial charge in [0, 0.05) is 45.2 Å². The van der Waals surface area contributed by atoms with Crippen molar-refractivity contribution in [2.75, 3.05) is 46.4 Å². The lowest BCUT2D eigenvalue weighted by molar-refractivity contribution is -0.128. The number of hydrogen-bond donors (Lipinski definition) is 2. The molecule has 1 unspecified atom stereocenters. The third-order valence-electron chi connectivity index (χ3n) is 4.87. The van der Waals surface area contributed by atoms with Crippen LogP contribution in [-0.2, 0) is 14.3 Å². The van der Waals surface area contributed by atoms with Gasteiger partial charge in [-0.05, 0) is 25.7 Å². The molecule has 0 aromatic heterocycles. The van der Waals surface area contributed by atoms with E-state index >= 15 is 0 Å². The number of aliphatic imine (C=N–C) groups is 1. The van der Waals surface area contributed by atoms with Crippen LogP contribution >= 0.6 is 24.0 Å². The van der Waals surface area contributed by atoms with Gasteiger partial charge in [-0.2, -0.15) is 0 Å². The number of carbonyl (C=O) groups is 1. The number of guanidine groups is 1. The molecule has 27 heavy (non-hydrogen) atoms. The molecule has 0 aromatic rings. The first-order valence-corrected chi connectivity index (χ1v) is 9.87. The fourth-order valence-corrected chi connectivity index (χ4v) is 3.20. The molecule has 2 rings (SSSR count). The van der Waals surface area contributed by atoms with Crippen molar-refractivity contribution in [1.82, 2.24) is 15.5 Å². The average molecular weight is 496 g/mol. The van der Waals surface area contributed by atoms with Gasteiger partial charge in [0.25, 0.3) is 0 Å². The highest BCUT2D eigenvalue weighted by molar-refractivity contribution is 14.0. The van der Waals surface area contributed by atoms with Crippen molar-refractivity contribution in [3.05, 3.63) is 0 Å². The Hall–Kier alpha value is -0.610. The lowest BCUT2D eigenvalue weighted by atomic mass is 9.96. The molecule has 8 heteroatoms. The van der Waals surface area contributed by atoms with Gasteiger partial charge in [-0.25, -0.2) is 0 Å².